The van der Waals surface area contributed by atoms with E-state index in [1.807, 2.05) is 36.4 Å². The summed E-state index contributed by atoms with van der Waals surface area (Å²) >= 11 is 0. The molecule has 0 radical (unpaired) electrons. The molecule has 1 aliphatic rings. The number of ketones is 1. The van der Waals surface area contributed by atoms with Crippen LogP contribution in [0.25, 0.3) is 0 Å². The average molecular weight is 379 g/mol. The van der Waals surface area contributed by atoms with Crippen LogP contribution in [-0.2, 0) is 11.2 Å². The number of hydrogen-bond donors (Lipinski definition) is 0. The van der Waals surface area contributed by atoms with Crippen molar-refractivity contribution in [1.29, 1.82) is 0 Å². The number of carbonyl (C=O) groups excluding carboxylic acids is 1. The van der Waals surface area contributed by atoms with Crippen LogP contribution in [0.1, 0.15) is 54.1 Å². The Kier molecular flexibility index (Phi) is 6.99. The van der Waals surface area contributed by atoms with Gasteiger partial charge in [0.1, 0.15) is 0 Å². The fourth-order valence-corrected chi connectivity index (χ4v) is 3.85. The summed E-state index contributed by atoms with van der Waals surface area (Å²) in [4.78, 5) is 18.8. The van der Waals surface area contributed by atoms with E-state index in [4.69, 9.17) is 9.73 Å². The van der Waals surface area contributed by atoms with Gasteiger partial charge in [-0.2, -0.15) is 0 Å². The van der Waals surface area contributed by atoms with Crippen LogP contribution in [0.3, 0.4) is 0 Å². The number of rotatable bonds is 6. The molecule has 1 atom stereocenters. The molecule has 1 unspecified atom stereocenters. The molecule has 1 saturated heterocycles. The Labute approximate surface area is 168 Å². The van der Waals surface area contributed by atoms with Crippen LogP contribution in [0.2, 0.25) is 0 Å². The number of aliphatic imine (C=N–C) groups is 1. The number of methoxy groups -OCH3 is 1. The van der Waals surface area contributed by atoms with Gasteiger partial charge in [0.25, 0.3) is 0 Å². The molecular formula is C24H30N2O2. The first kappa shape index (κ1) is 20.3. The number of benzene rings is 2. The molecule has 0 N–H and O–H groups in total. The van der Waals surface area contributed by atoms with E-state index >= 15 is 0 Å². The molecule has 0 bridgehead atoms. The normalized spacial score (nSPS) is 18.1. The molecule has 0 aliphatic carbocycles. The molecule has 1 aliphatic heterocycles. The van der Waals surface area contributed by atoms with Crippen molar-refractivity contribution in [3.63, 3.8) is 0 Å². The first-order valence-electron chi connectivity index (χ1n) is 10.1. The fraction of sp³-hybridized carbons (Fsp3) is 0.417. The third kappa shape index (κ3) is 5.08. The number of para-hydroxylation sites is 1. The average Bonchev–Trinajstić information content (AvgIpc) is 2.72. The first-order chi connectivity index (χ1) is 13.6. The maximum atomic E-state index is 11.5. The zero-order valence-corrected chi connectivity index (χ0v) is 17.1. The maximum Gasteiger partial charge on any atom is 0.221 e. The van der Waals surface area contributed by atoms with Crippen molar-refractivity contribution in [3.05, 3.63) is 65.2 Å². The molecule has 2 aromatic rings. The molecule has 2 aromatic carbocycles. The number of nitrogens with zero attached hydrogens (tertiary/aromatic N) is 2. The second kappa shape index (κ2) is 9.65. The minimum absolute atomic E-state index is 0.0560. The molecule has 0 amide bonds. The third-order valence-corrected chi connectivity index (χ3v) is 5.61. The van der Waals surface area contributed by atoms with Crippen LogP contribution >= 0.6 is 0 Å². The molecule has 1 fully saturated rings. The van der Waals surface area contributed by atoms with Crippen molar-refractivity contribution in [2.45, 2.75) is 45.1 Å². The summed E-state index contributed by atoms with van der Waals surface area (Å²) in [6.07, 6.45) is 6.09. The lowest BCUT2D eigenvalue weighted by atomic mass is 9.96. The van der Waals surface area contributed by atoms with Crippen molar-refractivity contribution in [2.75, 3.05) is 20.7 Å². The highest BCUT2D eigenvalue weighted by atomic mass is 16.5. The Morgan fingerprint density at radius 1 is 1.11 bits per heavy atom. The van der Waals surface area contributed by atoms with Crippen LogP contribution in [0.15, 0.2) is 53.5 Å². The lowest BCUT2D eigenvalue weighted by Gasteiger charge is -2.32. The molecule has 28 heavy (non-hydrogen) atoms. The van der Waals surface area contributed by atoms with Crippen LogP contribution in [0.5, 0.6) is 0 Å². The second-order valence-electron chi connectivity index (χ2n) is 7.55. The monoisotopic (exact) mass is 378 g/mol. The van der Waals surface area contributed by atoms with Crippen LogP contribution < -0.4 is 0 Å². The number of aryl methyl sites for hydroxylation is 1. The van der Waals surface area contributed by atoms with Crippen LogP contribution in [-0.4, -0.2) is 43.3 Å². The lowest BCUT2D eigenvalue weighted by Crippen LogP contribution is -2.36. The summed E-state index contributed by atoms with van der Waals surface area (Å²) in [5.74, 6) is 0.623. The molecule has 0 spiro atoms. The maximum absolute atomic E-state index is 11.5. The van der Waals surface area contributed by atoms with Gasteiger partial charge in [-0.05, 0) is 70.0 Å². The van der Waals surface area contributed by atoms with Crippen LogP contribution in [0.4, 0.5) is 5.69 Å². The topological polar surface area (TPSA) is 41.9 Å². The largest absolute Gasteiger partial charge is 0.481 e. The number of ether oxygens (including phenoxy) is 1. The quantitative estimate of drug-likeness (QED) is 0.402. The van der Waals surface area contributed by atoms with E-state index in [9.17, 15) is 4.79 Å². The molecule has 0 aromatic heterocycles. The Bertz CT molecular complexity index is 827. The highest BCUT2D eigenvalue weighted by Gasteiger charge is 2.19. The predicted molar refractivity (Wildman–Crippen MR) is 115 cm³/mol. The van der Waals surface area contributed by atoms with Gasteiger partial charge in [-0.15, -0.1) is 0 Å². The summed E-state index contributed by atoms with van der Waals surface area (Å²) in [5.41, 5.74) is 3.76. The highest BCUT2D eigenvalue weighted by molar-refractivity contribution is 5.98. The van der Waals surface area contributed by atoms with Gasteiger partial charge in [0, 0.05) is 17.2 Å². The van der Waals surface area contributed by atoms with E-state index in [0.717, 1.165) is 24.1 Å². The number of likely N-dealkylation sites (tertiary alicyclic amines) is 1. The predicted octanol–water partition coefficient (Wildman–Crippen LogP) is 5.03. The molecule has 4 nitrogen and oxygen atoms in total. The van der Waals surface area contributed by atoms with E-state index in [1.165, 1.54) is 31.4 Å². The van der Waals surface area contributed by atoms with Gasteiger partial charge in [0.2, 0.25) is 5.90 Å². The Hall–Kier alpha value is -2.46. The lowest BCUT2D eigenvalue weighted by molar-refractivity contribution is 0.101. The van der Waals surface area contributed by atoms with Gasteiger partial charge >= 0.3 is 0 Å². The number of hydrogen-bond acceptors (Lipinski definition) is 4. The van der Waals surface area contributed by atoms with Gasteiger partial charge in [0.15, 0.2) is 5.78 Å². The van der Waals surface area contributed by atoms with Crippen LogP contribution in [0, 0.1) is 0 Å². The van der Waals surface area contributed by atoms with Crippen molar-refractivity contribution < 1.29 is 9.53 Å². The van der Waals surface area contributed by atoms with E-state index in [-0.39, 0.29) is 5.78 Å². The summed E-state index contributed by atoms with van der Waals surface area (Å²) < 4.78 is 5.56. The SMILES string of the molecule is COC(=Nc1ccccc1CCC1CCCCN1C)c1ccc(C(C)=O)cc1. The molecule has 1 heterocycles. The van der Waals surface area contributed by atoms with E-state index in [0.29, 0.717) is 17.5 Å². The third-order valence-electron chi connectivity index (χ3n) is 5.61. The zero-order valence-electron chi connectivity index (χ0n) is 17.1. The summed E-state index contributed by atoms with van der Waals surface area (Å²) in [7, 11) is 3.87. The van der Waals surface area contributed by atoms with Crippen molar-refractivity contribution >= 4 is 17.4 Å². The van der Waals surface area contributed by atoms with Gasteiger partial charge in [-0.1, -0.05) is 36.8 Å². The van der Waals surface area contributed by atoms with Gasteiger partial charge < -0.3 is 9.64 Å². The molecule has 4 heteroatoms. The molecule has 3 rings (SSSR count). The number of piperidine rings is 1. The van der Waals surface area contributed by atoms with E-state index in [2.05, 4.69) is 24.1 Å². The minimum Gasteiger partial charge on any atom is -0.481 e. The standard InChI is InChI=1S/C24H30N2O2/c1-18(27)19-11-13-21(14-12-19)24(28-3)25-23-10-5-4-8-20(23)15-16-22-9-6-7-17-26(22)2/h4-5,8,10-14,22H,6-7,9,15-17H2,1-3H3. The molecular weight excluding hydrogens is 348 g/mol. The van der Waals surface area contributed by atoms with Crippen molar-refractivity contribution in [3.8, 4) is 0 Å². The number of Topliss-reactive ketones (excluding diaryl/α,β-unsaturated/α-hetero) is 1. The van der Waals surface area contributed by atoms with Crippen molar-refractivity contribution in [1.82, 2.24) is 4.90 Å². The van der Waals surface area contributed by atoms with Crippen molar-refractivity contribution in [2.24, 2.45) is 4.99 Å². The number of carbonyl (C=O) groups is 1. The zero-order chi connectivity index (χ0) is 19.9. The fourth-order valence-electron chi connectivity index (χ4n) is 3.85. The van der Waals surface area contributed by atoms with Gasteiger partial charge in [0.05, 0.1) is 12.8 Å². The van der Waals surface area contributed by atoms with E-state index < -0.39 is 0 Å². The molecule has 148 valence electrons. The van der Waals surface area contributed by atoms with Gasteiger partial charge in [-0.25, -0.2) is 4.99 Å². The summed E-state index contributed by atoms with van der Waals surface area (Å²) in [6.45, 7) is 2.77. The summed E-state index contributed by atoms with van der Waals surface area (Å²) in [6, 6.07) is 16.4. The summed E-state index contributed by atoms with van der Waals surface area (Å²) in [5, 5.41) is 0. The molecule has 0 saturated carbocycles. The Balaban J connectivity index is 1.78. The second-order valence-corrected chi connectivity index (χ2v) is 7.55. The smallest absolute Gasteiger partial charge is 0.221 e. The van der Waals surface area contributed by atoms with Gasteiger partial charge in [-0.3, -0.25) is 4.79 Å². The Morgan fingerprint density at radius 3 is 2.50 bits per heavy atom. The Morgan fingerprint density at radius 2 is 1.82 bits per heavy atom. The minimum atomic E-state index is 0.0560. The highest BCUT2D eigenvalue weighted by Crippen LogP contribution is 2.25. The van der Waals surface area contributed by atoms with E-state index in [1.54, 1.807) is 14.0 Å². The first-order valence-corrected chi connectivity index (χ1v) is 10.1.